The Kier molecular flexibility index (Phi) is 7.07. The molecule has 3 rings (SSSR count). The topological polar surface area (TPSA) is 58.9 Å². The summed E-state index contributed by atoms with van der Waals surface area (Å²) in [7, 11) is 0. The second-order valence-corrected chi connectivity index (χ2v) is 7.58. The number of rotatable bonds is 10. The van der Waals surface area contributed by atoms with Crippen molar-refractivity contribution in [2.75, 3.05) is 0 Å². The second kappa shape index (κ2) is 9.72. The molecule has 4 nitrogen and oxygen atoms in total. The molecule has 0 aromatic heterocycles. The first-order chi connectivity index (χ1) is 13.7. The van der Waals surface area contributed by atoms with E-state index in [2.05, 4.69) is 13.8 Å². The molecule has 0 radical (unpaired) electrons. The minimum atomic E-state index is -0.0521. The van der Waals surface area contributed by atoms with Crippen LogP contribution in [-0.2, 0) is 12.8 Å². The van der Waals surface area contributed by atoms with Crippen molar-refractivity contribution in [1.29, 1.82) is 0 Å². The Labute approximate surface area is 168 Å². The number of hydrogen-bond acceptors (Lipinski definition) is 4. The zero-order valence-corrected chi connectivity index (χ0v) is 17.1. The van der Waals surface area contributed by atoms with Crippen LogP contribution in [0.5, 0.6) is 34.5 Å². The van der Waals surface area contributed by atoms with E-state index in [1.54, 1.807) is 0 Å². The number of phenols is 2. The average Bonchev–Trinajstić information content (AvgIpc) is 2.71. The number of para-hydroxylation sites is 2. The average molecular weight is 385 g/mol. The van der Waals surface area contributed by atoms with E-state index in [-0.39, 0.29) is 11.5 Å². The minimum absolute atomic E-state index is 0.0521. The van der Waals surface area contributed by atoms with Crippen LogP contribution in [0.4, 0.5) is 0 Å². The molecule has 152 valence electrons. The Hall–Kier alpha value is -2.36. The largest absolute Gasteiger partial charge is 0.504 e. The first kappa shape index (κ1) is 20.4. The van der Waals surface area contributed by atoms with Gasteiger partial charge >= 0.3 is 0 Å². The normalized spacial score (nSPS) is 12.1. The van der Waals surface area contributed by atoms with E-state index in [4.69, 9.17) is 9.47 Å². The van der Waals surface area contributed by atoms with Crippen LogP contribution in [-0.4, -0.2) is 10.2 Å². The van der Waals surface area contributed by atoms with Gasteiger partial charge < -0.3 is 19.7 Å². The molecule has 2 N–H and O–H groups in total. The molecule has 2 aromatic carbocycles. The fourth-order valence-electron chi connectivity index (χ4n) is 3.75. The molecule has 0 unspecified atom stereocenters. The Bertz CT molecular complexity index is 732. The molecule has 0 spiro atoms. The molecular weight excluding hydrogens is 352 g/mol. The smallest absolute Gasteiger partial charge is 0.177 e. The van der Waals surface area contributed by atoms with Crippen molar-refractivity contribution < 1.29 is 19.7 Å². The maximum Gasteiger partial charge on any atom is 0.177 e. The fourth-order valence-corrected chi connectivity index (χ4v) is 3.75. The van der Waals surface area contributed by atoms with E-state index >= 15 is 0 Å². The van der Waals surface area contributed by atoms with E-state index in [9.17, 15) is 10.2 Å². The van der Waals surface area contributed by atoms with Crippen molar-refractivity contribution in [3.05, 3.63) is 35.4 Å². The Morgan fingerprint density at radius 3 is 1.46 bits per heavy atom. The zero-order valence-electron chi connectivity index (χ0n) is 17.1. The number of ether oxygens (including phenoxy) is 2. The van der Waals surface area contributed by atoms with Crippen molar-refractivity contribution in [3.8, 4) is 34.5 Å². The Morgan fingerprint density at radius 2 is 1.07 bits per heavy atom. The summed E-state index contributed by atoms with van der Waals surface area (Å²) in [6, 6.07) is 7.54. The predicted molar refractivity (Wildman–Crippen MR) is 112 cm³/mol. The highest BCUT2D eigenvalue weighted by atomic mass is 16.6. The van der Waals surface area contributed by atoms with Gasteiger partial charge in [0.2, 0.25) is 0 Å². The summed E-state index contributed by atoms with van der Waals surface area (Å²) in [5.41, 5.74) is 1.30. The Morgan fingerprint density at radius 1 is 0.643 bits per heavy atom. The van der Waals surface area contributed by atoms with Crippen LogP contribution in [0.2, 0.25) is 0 Å². The quantitative estimate of drug-likeness (QED) is 0.286. The van der Waals surface area contributed by atoms with Gasteiger partial charge in [0.25, 0.3) is 0 Å². The van der Waals surface area contributed by atoms with Gasteiger partial charge in [-0.2, -0.15) is 0 Å². The van der Waals surface area contributed by atoms with Crippen LogP contribution in [0.15, 0.2) is 24.3 Å². The molecule has 0 fully saturated rings. The molecule has 1 aliphatic rings. The van der Waals surface area contributed by atoms with Crippen LogP contribution in [0, 0.1) is 0 Å². The molecule has 1 aliphatic heterocycles. The predicted octanol–water partition coefficient (Wildman–Crippen LogP) is 7.24. The summed E-state index contributed by atoms with van der Waals surface area (Å²) in [5, 5.41) is 21.5. The number of hydrogen-bond donors (Lipinski definition) is 2. The SMILES string of the molecule is CCCCCCc1c(O)c(O)c(CCCCCC)c2c1Oc1ccccc1O2. The van der Waals surface area contributed by atoms with Crippen molar-refractivity contribution in [2.45, 2.75) is 78.1 Å². The summed E-state index contributed by atoms with van der Waals surface area (Å²) in [5.74, 6) is 2.32. The van der Waals surface area contributed by atoms with E-state index in [1.165, 1.54) is 0 Å². The zero-order chi connectivity index (χ0) is 19.9. The maximum atomic E-state index is 10.8. The molecule has 1 heterocycles. The molecule has 0 aliphatic carbocycles. The van der Waals surface area contributed by atoms with Gasteiger partial charge in [-0.25, -0.2) is 0 Å². The number of unbranched alkanes of at least 4 members (excludes halogenated alkanes) is 6. The van der Waals surface area contributed by atoms with Gasteiger partial charge in [0.05, 0.1) is 0 Å². The lowest BCUT2D eigenvalue weighted by Crippen LogP contribution is -2.06. The van der Waals surface area contributed by atoms with Crippen LogP contribution >= 0.6 is 0 Å². The van der Waals surface area contributed by atoms with Gasteiger partial charge in [-0.15, -0.1) is 0 Å². The van der Waals surface area contributed by atoms with E-state index in [1.807, 2.05) is 24.3 Å². The van der Waals surface area contributed by atoms with Crippen LogP contribution in [0.25, 0.3) is 0 Å². The van der Waals surface area contributed by atoms with Gasteiger partial charge in [-0.05, 0) is 37.8 Å². The van der Waals surface area contributed by atoms with E-state index in [0.29, 0.717) is 47.0 Å². The third-order valence-corrected chi connectivity index (χ3v) is 5.38. The molecular formula is C24H32O4. The van der Waals surface area contributed by atoms with Gasteiger partial charge in [-0.1, -0.05) is 64.5 Å². The summed E-state index contributed by atoms with van der Waals surface area (Å²) in [6.45, 7) is 4.35. The molecule has 4 heteroatoms. The summed E-state index contributed by atoms with van der Waals surface area (Å²) >= 11 is 0. The first-order valence-electron chi connectivity index (χ1n) is 10.7. The van der Waals surface area contributed by atoms with Crippen molar-refractivity contribution in [3.63, 3.8) is 0 Å². The monoisotopic (exact) mass is 384 g/mol. The number of fused-ring (bicyclic) bond motifs is 2. The van der Waals surface area contributed by atoms with E-state index in [0.717, 1.165) is 51.4 Å². The highest BCUT2D eigenvalue weighted by molar-refractivity contribution is 5.69. The van der Waals surface area contributed by atoms with Crippen molar-refractivity contribution in [1.82, 2.24) is 0 Å². The molecule has 2 aromatic rings. The number of benzene rings is 2. The van der Waals surface area contributed by atoms with Gasteiger partial charge in [0, 0.05) is 11.1 Å². The third-order valence-electron chi connectivity index (χ3n) is 5.38. The van der Waals surface area contributed by atoms with Crippen LogP contribution < -0.4 is 9.47 Å². The fraction of sp³-hybridized carbons (Fsp3) is 0.500. The van der Waals surface area contributed by atoms with Gasteiger partial charge in [0.15, 0.2) is 34.5 Å². The maximum absolute atomic E-state index is 10.8. The lowest BCUT2D eigenvalue weighted by atomic mass is 9.96. The highest BCUT2D eigenvalue weighted by Gasteiger charge is 2.30. The number of phenolic OH excluding ortho intramolecular Hbond substituents is 2. The van der Waals surface area contributed by atoms with Gasteiger partial charge in [-0.3, -0.25) is 0 Å². The summed E-state index contributed by atoms with van der Waals surface area (Å²) < 4.78 is 12.3. The highest BCUT2D eigenvalue weighted by Crippen LogP contribution is 2.55. The lowest BCUT2D eigenvalue weighted by Gasteiger charge is -2.26. The Balaban J connectivity index is 1.95. The van der Waals surface area contributed by atoms with Crippen LogP contribution in [0.3, 0.4) is 0 Å². The summed E-state index contributed by atoms with van der Waals surface area (Å²) in [6.07, 6.45) is 9.98. The molecule has 0 atom stereocenters. The van der Waals surface area contributed by atoms with E-state index < -0.39 is 0 Å². The van der Waals surface area contributed by atoms with Crippen LogP contribution in [0.1, 0.15) is 76.3 Å². The second-order valence-electron chi connectivity index (χ2n) is 7.58. The lowest BCUT2D eigenvalue weighted by molar-refractivity contribution is 0.334. The van der Waals surface area contributed by atoms with Gasteiger partial charge in [0.1, 0.15) is 0 Å². The minimum Gasteiger partial charge on any atom is -0.504 e. The van der Waals surface area contributed by atoms with Crippen molar-refractivity contribution >= 4 is 0 Å². The standard InChI is InChI=1S/C24H32O4/c1-3-5-7-9-13-17-21(25)22(26)18(14-10-8-6-4-2)24-23(17)27-19-15-11-12-16-20(19)28-24/h11-12,15-16,25-26H,3-10,13-14H2,1-2H3. The molecule has 0 bridgehead atoms. The first-order valence-corrected chi connectivity index (χ1v) is 10.7. The molecule has 0 amide bonds. The number of aromatic hydroxyl groups is 2. The third kappa shape index (κ3) is 4.37. The summed E-state index contributed by atoms with van der Waals surface area (Å²) in [4.78, 5) is 0. The molecule has 0 saturated carbocycles. The van der Waals surface area contributed by atoms with Crippen molar-refractivity contribution in [2.24, 2.45) is 0 Å². The molecule has 28 heavy (non-hydrogen) atoms. The molecule has 0 saturated heterocycles.